The molecule has 1 atom stereocenters. The third-order valence-corrected chi connectivity index (χ3v) is 1.60. The third kappa shape index (κ3) is 2.07. The number of alkyl halides is 1. The Hall–Kier alpha value is -0.840. The standard InChI is InChI=1S/C6H12ClN5/c1-5(7)4-11(2)6-8-9-10-12(6)3/h5H,4H2,1-3H3. The summed E-state index contributed by atoms with van der Waals surface area (Å²) >= 11 is 5.82. The van der Waals surface area contributed by atoms with Crippen LogP contribution in [0.15, 0.2) is 0 Å². The van der Waals surface area contributed by atoms with Gasteiger partial charge in [-0.1, -0.05) is 5.10 Å². The topological polar surface area (TPSA) is 46.8 Å². The maximum atomic E-state index is 5.82. The van der Waals surface area contributed by atoms with E-state index in [1.165, 1.54) is 0 Å². The van der Waals surface area contributed by atoms with Crippen LogP contribution in [0.1, 0.15) is 6.92 Å². The van der Waals surface area contributed by atoms with E-state index in [-0.39, 0.29) is 5.38 Å². The second-order valence-electron chi connectivity index (χ2n) is 2.76. The summed E-state index contributed by atoms with van der Waals surface area (Å²) in [5.41, 5.74) is 0. The van der Waals surface area contributed by atoms with Crippen LogP contribution in [0.25, 0.3) is 0 Å². The van der Waals surface area contributed by atoms with Crippen molar-refractivity contribution in [3.05, 3.63) is 0 Å². The Balaban J connectivity index is 2.65. The minimum Gasteiger partial charge on any atom is -0.341 e. The van der Waals surface area contributed by atoms with E-state index in [1.54, 1.807) is 11.7 Å². The first-order chi connectivity index (χ1) is 5.61. The predicted molar refractivity (Wildman–Crippen MR) is 47.4 cm³/mol. The molecule has 0 fully saturated rings. The SMILES string of the molecule is CC(Cl)CN(C)c1nnnn1C. The molecule has 0 aliphatic heterocycles. The Labute approximate surface area is 76.3 Å². The average molecular weight is 190 g/mol. The molecule has 0 spiro atoms. The number of halogens is 1. The zero-order chi connectivity index (χ0) is 9.14. The molecule has 68 valence electrons. The van der Waals surface area contributed by atoms with Crippen molar-refractivity contribution in [1.82, 2.24) is 20.2 Å². The number of hydrogen-bond donors (Lipinski definition) is 0. The van der Waals surface area contributed by atoms with E-state index in [4.69, 9.17) is 11.6 Å². The largest absolute Gasteiger partial charge is 0.341 e. The highest BCUT2D eigenvalue weighted by Crippen LogP contribution is 2.06. The van der Waals surface area contributed by atoms with Gasteiger partial charge >= 0.3 is 0 Å². The van der Waals surface area contributed by atoms with E-state index in [1.807, 2.05) is 18.9 Å². The molecule has 0 amide bonds. The van der Waals surface area contributed by atoms with Crippen molar-refractivity contribution in [3.8, 4) is 0 Å². The number of rotatable bonds is 3. The van der Waals surface area contributed by atoms with Crippen LogP contribution in [-0.4, -0.2) is 39.2 Å². The van der Waals surface area contributed by atoms with Crippen LogP contribution in [0.4, 0.5) is 5.95 Å². The van der Waals surface area contributed by atoms with Crippen molar-refractivity contribution in [2.75, 3.05) is 18.5 Å². The lowest BCUT2D eigenvalue weighted by atomic mass is 10.4. The third-order valence-electron chi connectivity index (χ3n) is 1.46. The summed E-state index contributed by atoms with van der Waals surface area (Å²) in [4.78, 5) is 1.91. The lowest BCUT2D eigenvalue weighted by molar-refractivity contribution is 0.694. The van der Waals surface area contributed by atoms with Gasteiger partial charge in [0.05, 0.1) is 0 Å². The van der Waals surface area contributed by atoms with Crippen molar-refractivity contribution in [2.45, 2.75) is 12.3 Å². The predicted octanol–water partition coefficient (Wildman–Crippen LogP) is 0.274. The monoisotopic (exact) mass is 189 g/mol. The molecule has 1 heterocycles. The maximum Gasteiger partial charge on any atom is 0.245 e. The molecule has 5 nitrogen and oxygen atoms in total. The van der Waals surface area contributed by atoms with Crippen LogP contribution in [-0.2, 0) is 7.05 Å². The fourth-order valence-corrected chi connectivity index (χ4v) is 1.21. The van der Waals surface area contributed by atoms with E-state index in [9.17, 15) is 0 Å². The molecule has 0 N–H and O–H groups in total. The molecule has 1 aromatic heterocycles. The van der Waals surface area contributed by atoms with Crippen LogP contribution in [0, 0.1) is 0 Å². The minimum atomic E-state index is 0.0895. The smallest absolute Gasteiger partial charge is 0.245 e. The summed E-state index contributed by atoms with van der Waals surface area (Å²) in [7, 11) is 3.70. The van der Waals surface area contributed by atoms with E-state index in [0.717, 1.165) is 12.5 Å². The zero-order valence-electron chi connectivity index (χ0n) is 7.40. The quantitative estimate of drug-likeness (QED) is 0.641. The molecule has 1 rings (SSSR count). The van der Waals surface area contributed by atoms with Crippen molar-refractivity contribution in [2.24, 2.45) is 7.05 Å². The highest BCUT2D eigenvalue weighted by atomic mass is 35.5. The van der Waals surface area contributed by atoms with E-state index >= 15 is 0 Å². The van der Waals surface area contributed by atoms with Crippen LogP contribution in [0.5, 0.6) is 0 Å². The summed E-state index contributed by atoms with van der Waals surface area (Å²) in [6.07, 6.45) is 0. The van der Waals surface area contributed by atoms with E-state index < -0.39 is 0 Å². The first-order valence-electron chi connectivity index (χ1n) is 3.69. The van der Waals surface area contributed by atoms with Gasteiger partial charge in [-0.2, -0.15) is 0 Å². The molecule has 0 radical (unpaired) electrons. The molecule has 1 aromatic rings. The molecule has 6 heteroatoms. The van der Waals surface area contributed by atoms with E-state index in [0.29, 0.717) is 0 Å². The first kappa shape index (κ1) is 9.25. The molecule has 0 aromatic carbocycles. The molecular weight excluding hydrogens is 178 g/mol. The van der Waals surface area contributed by atoms with Crippen LogP contribution in [0.2, 0.25) is 0 Å². The number of aromatic nitrogens is 4. The normalized spacial score (nSPS) is 13.0. The summed E-state index contributed by atoms with van der Waals surface area (Å²) in [6, 6.07) is 0. The zero-order valence-corrected chi connectivity index (χ0v) is 8.15. The van der Waals surface area contributed by atoms with Gasteiger partial charge in [-0.15, -0.1) is 11.6 Å². The average Bonchev–Trinajstić information content (AvgIpc) is 2.33. The second-order valence-corrected chi connectivity index (χ2v) is 3.51. The molecule has 12 heavy (non-hydrogen) atoms. The van der Waals surface area contributed by atoms with Gasteiger partial charge in [0.25, 0.3) is 0 Å². The molecular formula is C6H12ClN5. The van der Waals surface area contributed by atoms with Crippen LogP contribution >= 0.6 is 11.6 Å². The number of anilines is 1. The van der Waals surface area contributed by atoms with Gasteiger partial charge in [-0.25, -0.2) is 4.68 Å². The van der Waals surface area contributed by atoms with Gasteiger partial charge in [0.1, 0.15) is 0 Å². The molecule has 0 saturated heterocycles. The highest BCUT2D eigenvalue weighted by Gasteiger charge is 2.09. The molecule has 0 aliphatic rings. The Kier molecular flexibility index (Phi) is 2.86. The van der Waals surface area contributed by atoms with Gasteiger partial charge in [-0.3, -0.25) is 0 Å². The molecule has 0 saturated carbocycles. The number of aryl methyl sites for hydroxylation is 1. The molecule has 0 aliphatic carbocycles. The lowest BCUT2D eigenvalue weighted by Gasteiger charge is -2.17. The van der Waals surface area contributed by atoms with Crippen LogP contribution in [0.3, 0.4) is 0 Å². The summed E-state index contributed by atoms with van der Waals surface area (Å²) in [5, 5.41) is 11.2. The van der Waals surface area contributed by atoms with E-state index in [2.05, 4.69) is 15.5 Å². The Bertz CT molecular complexity index is 246. The molecule has 0 bridgehead atoms. The van der Waals surface area contributed by atoms with Crippen LogP contribution < -0.4 is 4.90 Å². The van der Waals surface area contributed by atoms with Gasteiger partial charge in [0, 0.05) is 26.0 Å². The lowest BCUT2D eigenvalue weighted by Crippen LogP contribution is -2.26. The van der Waals surface area contributed by atoms with Crippen molar-refractivity contribution >= 4 is 17.5 Å². The minimum absolute atomic E-state index is 0.0895. The van der Waals surface area contributed by atoms with Crippen molar-refractivity contribution < 1.29 is 0 Å². The first-order valence-corrected chi connectivity index (χ1v) is 4.12. The number of hydrogen-bond acceptors (Lipinski definition) is 4. The Morgan fingerprint density at radius 1 is 1.67 bits per heavy atom. The van der Waals surface area contributed by atoms with Gasteiger partial charge in [0.2, 0.25) is 5.95 Å². The van der Waals surface area contributed by atoms with Gasteiger partial charge in [-0.05, 0) is 17.4 Å². The van der Waals surface area contributed by atoms with Crippen molar-refractivity contribution in [3.63, 3.8) is 0 Å². The Morgan fingerprint density at radius 2 is 2.33 bits per heavy atom. The maximum absolute atomic E-state index is 5.82. The van der Waals surface area contributed by atoms with Gasteiger partial charge < -0.3 is 4.90 Å². The fourth-order valence-electron chi connectivity index (χ4n) is 1.01. The number of nitrogens with zero attached hydrogens (tertiary/aromatic N) is 5. The molecule has 1 unspecified atom stereocenters. The van der Waals surface area contributed by atoms with Crippen molar-refractivity contribution in [1.29, 1.82) is 0 Å². The Morgan fingerprint density at radius 3 is 2.75 bits per heavy atom. The van der Waals surface area contributed by atoms with Gasteiger partial charge in [0.15, 0.2) is 0 Å². The summed E-state index contributed by atoms with van der Waals surface area (Å²) in [6.45, 7) is 2.66. The second kappa shape index (κ2) is 3.71. The number of tetrazole rings is 1. The summed E-state index contributed by atoms with van der Waals surface area (Å²) < 4.78 is 1.61. The summed E-state index contributed by atoms with van der Waals surface area (Å²) in [5.74, 6) is 0.725. The fraction of sp³-hybridized carbons (Fsp3) is 0.833. The highest BCUT2D eigenvalue weighted by molar-refractivity contribution is 6.20.